The van der Waals surface area contributed by atoms with Crippen LogP contribution in [0.1, 0.15) is 52.4 Å². The molecule has 1 aliphatic rings. The van der Waals surface area contributed by atoms with Crippen molar-refractivity contribution in [2.24, 2.45) is 11.8 Å². The highest BCUT2D eigenvalue weighted by Crippen LogP contribution is 2.34. The maximum absolute atomic E-state index is 11.6. The molecule has 17 heavy (non-hydrogen) atoms. The second kappa shape index (κ2) is 6.19. The first-order valence-electron chi connectivity index (χ1n) is 6.77. The Morgan fingerprint density at radius 2 is 1.82 bits per heavy atom. The van der Waals surface area contributed by atoms with Crippen LogP contribution in [0.25, 0.3) is 0 Å². The lowest BCUT2D eigenvalue weighted by Crippen LogP contribution is -2.36. The molecule has 0 aromatic carbocycles. The molecule has 1 N–H and O–H groups in total. The fourth-order valence-corrected chi connectivity index (χ4v) is 4.23. The van der Waals surface area contributed by atoms with Gasteiger partial charge in [0.1, 0.15) is 9.84 Å². The molecule has 4 heteroatoms. The molecule has 1 rings (SSSR count). The van der Waals surface area contributed by atoms with Crippen LogP contribution in [0.2, 0.25) is 0 Å². The molecule has 0 amide bonds. The Bertz CT molecular complexity index is 320. The summed E-state index contributed by atoms with van der Waals surface area (Å²) in [5, 5.41) is 10.1. The smallest absolute Gasteiger partial charge is 0.150 e. The third-order valence-electron chi connectivity index (χ3n) is 4.29. The minimum Gasteiger partial charge on any atom is -0.393 e. The molecule has 3 atom stereocenters. The van der Waals surface area contributed by atoms with Gasteiger partial charge in [-0.15, -0.1) is 0 Å². The van der Waals surface area contributed by atoms with E-state index in [2.05, 4.69) is 13.8 Å². The molecule has 0 spiro atoms. The van der Waals surface area contributed by atoms with Crippen LogP contribution in [0, 0.1) is 11.8 Å². The van der Waals surface area contributed by atoms with Gasteiger partial charge >= 0.3 is 0 Å². The SMILES string of the molecule is CCC(CC)C(O)C1CCCC(S(C)(=O)=O)C1. The van der Waals surface area contributed by atoms with Crippen LogP contribution in [0.15, 0.2) is 0 Å². The Morgan fingerprint density at radius 1 is 1.24 bits per heavy atom. The average molecular weight is 262 g/mol. The van der Waals surface area contributed by atoms with E-state index in [1.165, 1.54) is 6.26 Å². The lowest BCUT2D eigenvalue weighted by molar-refractivity contribution is 0.0307. The predicted molar refractivity (Wildman–Crippen MR) is 70.7 cm³/mol. The van der Waals surface area contributed by atoms with Crippen molar-refractivity contribution in [2.75, 3.05) is 6.26 Å². The van der Waals surface area contributed by atoms with Crippen molar-refractivity contribution >= 4 is 9.84 Å². The molecule has 0 heterocycles. The third-order valence-corrected chi connectivity index (χ3v) is 5.93. The van der Waals surface area contributed by atoms with E-state index in [4.69, 9.17) is 0 Å². The van der Waals surface area contributed by atoms with E-state index in [0.717, 1.165) is 32.1 Å². The molecule has 1 fully saturated rings. The van der Waals surface area contributed by atoms with Crippen LogP contribution in [0.5, 0.6) is 0 Å². The highest BCUT2D eigenvalue weighted by Gasteiger charge is 2.34. The second-order valence-corrected chi connectivity index (χ2v) is 7.77. The first-order valence-corrected chi connectivity index (χ1v) is 8.72. The summed E-state index contributed by atoms with van der Waals surface area (Å²) >= 11 is 0. The van der Waals surface area contributed by atoms with Crippen molar-refractivity contribution in [3.8, 4) is 0 Å². The molecule has 0 saturated heterocycles. The van der Waals surface area contributed by atoms with Crippen LogP contribution in [-0.2, 0) is 9.84 Å². The van der Waals surface area contributed by atoms with Gasteiger partial charge in [-0.05, 0) is 31.1 Å². The first kappa shape index (κ1) is 15.0. The summed E-state index contributed by atoms with van der Waals surface area (Å²) in [6.45, 7) is 4.18. The number of sulfone groups is 1. The van der Waals surface area contributed by atoms with Crippen LogP contribution in [0.4, 0.5) is 0 Å². The van der Waals surface area contributed by atoms with Crippen molar-refractivity contribution in [3.05, 3.63) is 0 Å². The predicted octanol–water partition coefficient (Wildman–Crippen LogP) is 2.39. The van der Waals surface area contributed by atoms with E-state index in [9.17, 15) is 13.5 Å². The number of hydrogen-bond donors (Lipinski definition) is 1. The van der Waals surface area contributed by atoms with Gasteiger partial charge in [-0.3, -0.25) is 0 Å². The minimum atomic E-state index is -2.94. The summed E-state index contributed by atoms with van der Waals surface area (Å²) in [5.74, 6) is 0.492. The number of aliphatic hydroxyl groups is 1. The summed E-state index contributed by atoms with van der Waals surface area (Å²) < 4.78 is 23.2. The molecule has 0 radical (unpaired) electrons. The van der Waals surface area contributed by atoms with E-state index in [1.807, 2.05) is 0 Å². The molecule has 3 nitrogen and oxygen atoms in total. The zero-order valence-electron chi connectivity index (χ0n) is 11.2. The molecular weight excluding hydrogens is 236 g/mol. The van der Waals surface area contributed by atoms with E-state index in [-0.39, 0.29) is 17.3 Å². The van der Waals surface area contributed by atoms with Gasteiger partial charge in [0.15, 0.2) is 0 Å². The van der Waals surface area contributed by atoms with Gasteiger partial charge in [0.2, 0.25) is 0 Å². The normalized spacial score (nSPS) is 28.3. The molecule has 0 aromatic rings. The molecule has 3 unspecified atom stereocenters. The van der Waals surface area contributed by atoms with Gasteiger partial charge in [-0.25, -0.2) is 8.42 Å². The fourth-order valence-electron chi connectivity index (χ4n) is 3.04. The molecular formula is C13H26O3S. The summed E-state index contributed by atoms with van der Waals surface area (Å²) in [6.07, 6.45) is 6.26. The zero-order chi connectivity index (χ0) is 13.1. The molecule has 0 bridgehead atoms. The van der Waals surface area contributed by atoms with E-state index in [1.54, 1.807) is 0 Å². The van der Waals surface area contributed by atoms with Crippen LogP contribution in [0.3, 0.4) is 0 Å². The Morgan fingerprint density at radius 3 is 2.29 bits per heavy atom. The third kappa shape index (κ3) is 3.95. The van der Waals surface area contributed by atoms with E-state index >= 15 is 0 Å². The monoisotopic (exact) mass is 262 g/mol. The Kier molecular flexibility index (Phi) is 5.45. The Balaban J connectivity index is 2.66. The van der Waals surface area contributed by atoms with E-state index in [0.29, 0.717) is 12.3 Å². The van der Waals surface area contributed by atoms with Gasteiger partial charge in [-0.2, -0.15) is 0 Å². The van der Waals surface area contributed by atoms with Crippen molar-refractivity contribution < 1.29 is 13.5 Å². The van der Waals surface area contributed by atoms with Gasteiger partial charge in [-0.1, -0.05) is 33.1 Å². The molecule has 102 valence electrons. The number of rotatable bonds is 5. The fraction of sp³-hybridized carbons (Fsp3) is 1.00. The van der Waals surface area contributed by atoms with Gasteiger partial charge in [0, 0.05) is 6.26 Å². The highest BCUT2D eigenvalue weighted by molar-refractivity contribution is 7.91. The van der Waals surface area contributed by atoms with Crippen LogP contribution < -0.4 is 0 Å². The Labute approximate surface area is 106 Å². The van der Waals surface area contributed by atoms with Gasteiger partial charge in [0.25, 0.3) is 0 Å². The van der Waals surface area contributed by atoms with Crippen molar-refractivity contribution in [1.29, 1.82) is 0 Å². The summed E-state index contributed by atoms with van der Waals surface area (Å²) in [4.78, 5) is 0. The molecule has 1 aliphatic carbocycles. The maximum atomic E-state index is 11.6. The number of hydrogen-bond acceptors (Lipinski definition) is 3. The summed E-state index contributed by atoms with van der Waals surface area (Å²) in [5.41, 5.74) is 0. The maximum Gasteiger partial charge on any atom is 0.150 e. The van der Waals surface area contributed by atoms with Crippen molar-refractivity contribution in [3.63, 3.8) is 0 Å². The van der Waals surface area contributed by atoms with Crippen molar-refractivity contribution in [2.45, 2.75) is 63.7 Å². The van der Waals surface area contributed by atoms with Crippen molar-refractivity contribution in [1.82, 2.24) is 0 Å². The quantitative estimate of drug-likeness (QED) is 0.827. The zero-order valence-corrected chi connectivity index (χ0v) is 12.0. The largest absolute Gasteiger partial charge is 0.393 e. The van der Waals surface area contributed by atoms with Gasteiger partial charge in [0.05, 0.1) is 11.4 Å². The highest BCUT2D eigenvalue weighted by atomic mass is 32.2. The number of aliphatic hydroxyl groups excluding tert-OH is 1. The van der Waals surface area contributed by atoms with Gasteiger partial charge < -0.3 is 5.11 Å². The molecule has 0 aromatic heterocycles. The standard InChI is InChI=1S/C13H26O3S/c1-4-10(5-2)13(14)11-7-6-8-12(9-11)17(3,15)16/h10-14H,4-9H2,1-3H3. The molecule has 1 saturated carbocycles. The molecule has 0 aliphatic heterocycles. The lowest BCUT2D eigenvalue weighted by atomic mass is 9.78. The summed E-state index contributed by atoms with van der Waals surface area (Å²) in [6, 6.07) is 0. The lowest BCUT2D eigenvalue weighted by Gasteiger charge is -2.34. The Hall–Kier alpha value is -0.0900. The average Bonchev–Trinajstić information content (AvgIpc) is 2.29. The van der Waals surface area contributed by atoms with E-state index < -0.39 is 9.84 Å². The topological polar surface area (TPSA) is 54.4 Å². The van der Waals surface area contributed by atoms with Crippen LogP contribution in [-0.4, -0.2) is 31.1 Å². The minimum absolute atomic E-state index is 0.174. The van der Waals surface area contributed by atoms with Crippen LogP contribution >= 0.6 is 0 Å². The first-order chi connectivity index (χ1) is 7.90. The second-order valence-electron chi connectivity index (χ2n) is 5.45. The summed E-state index contributed by atoms with van der Waals surface area (Å²) in [7, 11) is -2.94.